The molecule has 32 heavy (non-hydrogen) atoms. The Hall–Kier alpha value is -2.72. The first-order valence-electron chi connectivity index (χ1n) is 11.0. The van der Waals surface area contributed by atoms with E-state index in [2.05, 4.69) is 27.3 Å². The number of hydrogen-bond acceptors (Lipinski definition) is 8. The highest BCUT2D eigenvalue weighted by Gasteiger charge is 2.26. The van der Waals surface area contributed by atoms with Crippen molar-refractivity contribution in [2.24, 2.45) is 0 Å². The number of hydrogen-bond donors (Lipinski definition) is 1. The Balaban J connectivity index is 1.28. The molecule has 1 aromatic heterocycles. The predicted octanol–water partition coefficient (Wildman–Crippen LogP) is 1.12. The van der Waals surface area contributed by atoms with Crippen LogP contribution in [0.4, 0.5) is 5.69 Å². The van der Waals surface area contributed by atoms with Gasteiger partial charge in [-0.05, 0) is 38.4 Å². The highest BCUT2D eigenvalue weighted by Crippen LogP contribution is 2.33. The first-order chi connectivity index (χ1) is 15.6. The van der Waals surface area contributed by atoms with Crippen molar-refractivity contribution in [3.8, 4) is 11.5 Å². The number of fused-ring (bicyclic) bond motifs is 2. The van der Waals surface area contributed by atoms with E-state index in [1.165, 1.54) is 11.8 Å². The van der Waals surface area contributed by atoms with Crippen molar-refractivity contribution in [1.82, 2.24) is 14.6 Å². The highest BCUT2D eigenvalue weighted by molar-refractivity contribution is 8.00. The van der Waals surface area contributed by atoms with Crippen molar-refractivity contribution >= 4 is 23.4 Å². The van der Waals surface area contributed by atoms with Crippen LogP contribution in [-0.2, 0) is 17.6 Å². The topological polar surface area (TPSA) is 88.9 Å². The van der Waals surface area contributed by atoms with Gasteiger partial charge in [0.25, 0.3) is 0 Å². The molecule has 0 unspecified atom stereocenters. The number of nitrogens with one attached hydrogen (secondary N) is 1. The van der Waals surface area contributed by atoms with Gasteiger partial charge in [0, 0.05) is 43.5 Å². The summed E-state index contributed by atoms with van der Waals surface area (Å²) in [6, 6.07) is 5.36. The number of aromatic nitrogens is 2. The lowest BCUT2D eigenvalue weighted by Gasteiger charge is -2.35. The van der Waals surface area contributed by atoms with E-state index < -0.39 is 0 Å². The van der Waals surface area contributed by atoms with Gasteiger partial charge in [-0.1, -0.05) is 11.8 Å². The van der Waals surface area contributed by atoms with Gasteiger partial charge in [0.2, 0.25) is 5.91 Å². The first kappa shape index (κ1) is 21.1. The third kappa shape index (κ3) is 4.29. The van der Waals surface area contributed by atoms with Crippen LogP contribution in [0.5, 0.6) is 11.5 Å². The summed E-state index contributed by atoms with van der Waals surface area (Å²) in [5.74, 6) is 1.35. The number of likely N-dealkylation sites (N-methyl/N-ethyl adjacent to an activating group) is 1. The number of ether oxygens (including phenoxy) is 2. The van der Waals surface area contributed by atoms with Crippen LogP contribution in [0.2, 0.25) is 0 Å². The lowest BCUT2D eigenvalue weighted by Crippen LogP contribution is -2.54. The summed E-state index contributed by atoms with van der Waals surface area (Å²) in [4.78, 5) is 32.1. The minimum atomic E-state index is -0.245. The maximum absolute atomic E-state index is 12.9. The summed E-state index contributed by atoms with van der Waals surface area (Å²) in [5, 5.41) is 5.69. The normalized spacial score (nSPS) is 17.8. The lowest BCUT2D eigenvalue weighted by molar-refractivity contribution is -0.113. The number of carbonyl (C=O) groups excluding carboxylic acids is 1. The van der Waals surface area contributed by atoms with E-state index >= 15 is 0 Å². The zero-order valence-electron chi connectivity index (χ0n) is 18.1. The number of amides is 1. The van der Waals surface area contributed by atoms with Gasteiger partial charge in [-0.25, -0.2) is 9.47 Å². The first-order valence-corrected chi connectivity index (χ1v) is 12.0. The van der Waals surface area contributed by atoms with Crippen LogP contribution in [0.15, 0.2) is 28.0 Å². The van der Waals surface area contributed by atoms with Crippen molar-refractivity contribution < 1.29 is 14.3 Å². The summed E-state index contributed by atoms with van der Waals surface area (Å²) in [5.41, 5.74) is 2.58. The van der Waals surface area contributed by atoms with Crippen LogP contribution in [0, 0.1) is 0 Å². The number of benzene rings is 1. The molecule has 0 radical (unpaired) electrons. The molecule has 10 heteroatoms. The lowest BCUT2D eigenvalue weighted by atomic mass is 10.2. The number of rotatable bonds is 5. The van der Waals surface area contributed by atoms with E-state index in [9.17, 15) is 9.59 Å². The van der Waals surface area contributed by atoms with Crippen LogP contribution in [-0.4, -0.2) is 72.7 Å². The van der Waals surface area contributed by atoms with Crippen LogP contribution in [0.1, 0.15) is 17.7 Å². The predicted molar refractivity (Wildman–Crippen MR) is 123 cm³/mol. The molecule has 0 bridgehead atoms. The number of anilines is 1. The fourth-order valence-corrected chi connectivity index (χ4v) is 5.24. The molecule has 1 fully saturated rings. The van der Waals surface area contributed by atoms with Crippen LogP contribution in [0.25, 0.3) is 0 Å². The average Bonchev–Trinajstić information content (AvgIpc) is 3.28. The molecule has 9 nitrogen and oxygen atoms in total. The fraction of sp³-hybridized carbons (Fsp3) is 0.500. The third-order valence-corrected chi connectivity index (χ3v) is 7.03. The Morgan fingerprint density at radius 1 is 1.12 bits per heavy atom. The molecular formula is C22H27N5O4S. The van der Waals surface area contributed by atoms with Crippen LogP contribution >= 0.6 is 11.8 Å². The molecule has 1 N–H and O–H groups in total. The standard InChI is InChI=1S/C22H27N5O4S/c1-25-7-9-26(10-8-25)27-17-4-2-3-16(17)21(24-22(27)29)32-14-20(28)23-15-5-6-18-19(13-15)31-12-11-30-18/h5-6,13H,2-4,7-12,14H2,1H3,(H,23,28). The van der Waals surface area contributed by atoms with E-state index in [0.29, 0.717) is 35.4 Å². The Kier molecular flexibility index (Phi) is 5.97. The van der Waals surface area contributed by atoms with Crippen molar-refractivity contribution in [3.63, 3.8) is 0 Å². The van der Waals surface area contributed by atoms with E-state index in [1.54, 1.807) is 22.9 Å². The quantitative estimate of drug-likeness (QED) is 0.528. The van der Waals surface area contributed by atoms with Crippen molar-refractivity contribution in [2.75, 3.05) is 62.5 Å². The summed E-state index contributed by atoms with van der Waals surface area (Å²) >= 11 is 1.33. The van der Waals surface area contributed by atoms with Gasteiger partial charge in [0.15, 0.2) is 11.5 Å². The highest BCUT2D eigenvalue weighted by atomic mass is 32.2. The molecule has 170 valence electrons. The molecule has 5 rings (SSSR count). The molecule has 0 spiro atoms. The molecule has 1 saturated heterocycles. The molecule has 0 atom stereocenters. The summed E-state index contributed by atoms with van der Waals surface area (Å²) < 4.78 is 12.9. The van der Waals surface area contributed by atoms with E-state index in [1.807, 2.05) is 0 Å². The molecule has 1 amide bonds. The van der Waals surface area contributed by atoms with E-state index in [-0.39, 0.29) is 17.3 Å². The maximum Gasteiger partial charge on any atom is 0.367 e. The van der Waals surface area contributed by atoms with Gasteiger partial charge < -0.3 is 24.7 Å². The zero-order chi connectivity index (χ0) is 22.1. The van der Waals surface area contributed by atoms with Crippen LogP contribution < -0.4 is 25.5 Å². The van der Waals surface area contributed by atoms with Gasteiger partial charge in [-0.3, -0.25) is 4.79 Å². The molecular weight excluding hydrogens is 430 g/mol. The van der Waals surface area contributed by atoms with Gasteiger partial charge in [-0.15, -0.1) is 0 Å². The summed E-state index contributed by atoms with van der Waals surface area (Å²) in [6.45, 7) is 4.51. The maximum atomic E-state index is 12.9. The molecule has 1 aliphatic carbocycles. The molecule has 3 heterocycles. The van der Waals surface area contributed by atoms with Gasteiger partial charge in [0.05, 0.1) is 11.4 Å². The van der Waals surface area contributed by atoms with Gasteiger partial charge in [-0.2, -0.15) is 4.98 Å². The minimum absolute atomic E-state index is 0.150. The number of carbonyl (C=O) groups is 1. The average molecular weight is 458 g/mol. The summed E-state index contributed by atoms with van der Waals surface area (Å²) in [6.07, 6.45) is 2.77. The fourth-order valence-electron chi connectivity index (χ4n) is 4.37. The molecule has 1 aromatic carbocycles. The number of piperazine rings is 1. The Labute approximate surface area is 190 Å². The number of nitrogens with zero attached hydrogens (tertiary/aromatic N) is 4. The minimum Gasteiger partial charge on any atom is -0.486 e. The van der Waals surface area contributed by atoms with Gasteiger partial charge in [0.1, 0.15) is 18.2 Å². The second-order valence-corrected chi connectivity index (χ2v) is 9.21. The van der Waals surface area contributed by atoms with Crippen molar-refractivity contribution in [1.29, 1.82) is 0 Å². The Morgan fingerprint density at radius 3 is 2.72 bits per heavy atom. The SMILES string of the molecule is CN1CCN(n2c3c(c(SCC(=O)Nc4ccc5c(c4)OCCO5)nc2=O)CCC3)CC1. The third-order valence-electron chi connectivity index (χ3n) is 6.01. The van der Waals surface area contributed by atoms with Crippen molar-refractivity contribution in [2.45, 2.75) is 24.3 Å². The summed E-state index contributed by atoms with van der Waals surface area (Å²) in [7, 11) is 2.10. The zero-order valence-corrected chi connectivity index (χ0v) is 18.9. The molecule has 3 aliphatic rings. The largest absolute Gasteiger partial charge is 0.486 e. The second kappa shape index (κ2) is 9.03. The molecule has 0 saturated carbocycles. The second-order valence-electron chi connectivity index (χ2n) is 8.24. The van der Waals surface area contributed by atoms with E-state index in [4.69, 9.17) is 9.47 Å². The van der Waals surface area contributed by atoms with Crippen LogP contribution in [0.3, 0.4) is 0 Å². The Morgan fingerprint density at radius 2 is 1.91 bits per heavy atom. The van der Waals surface area contributed by atoms with Crippen molar-refractivity contribution in [3.05, 3.63) is 39.9 Å². The molecule has 2 aliphatic heterocycles. The van der Waals surface area contributed by atoms with Gasteiger partial charge >= 0.3 is 5.69 Å². The molecule has 2 aromatic rings. The smallest absolute Gasteiger partial charge is 0.367 e. The Bertz CT molecular complexity index is 1080. The number of thioether (sulfide) groups is 1. The van der Waals surface area contributed by atoms with E-state index in [0.717, 1.165) is 56.7 Å². The monoisotopic (exact) mass is 457 g/mol.